The van der Waals surface area contributed by atoms with Gasteiger partial charge in [-0.1, -0.05) is 12.1 Å². The van der Waals surface area contributed by atoms with Gasteiger partial charge in [0.2, 0.25) is 0 Å². The van der Waals surface area contributed by atoms with E-state index in [2.05, 4.69) is 48.8 Å². The molecule has 57 heavy (non-hydrogen) atoms. The van der Waals surface area contributed by atoms with Crippen LogP contribution >= 0.6 is 24.1 Å². The number of nitrogens with zero attached hydrogens (tertiary/aromatic N) is 4. The average Bonchev–Trinajstić information content (AvgIpc) is 3.11. The fourth-order valence-corrected chi connectivity index (χ4v) is 6.74. The Morgan fingerprint density at radius 1 is 0.754 bits per heavy atom. The minimum atomic E-state index is -4.96. The first-order valence-corrected chi connectivity index (χ1v) is 18.4. The number of anilines is 1. The van der Waals surface area contributed by atoms with E-state index >= 15 is 0 Å². The topological polar surface area (TPSA) is 312 Å². The minimum Gasteiger partial charge on any atom is -0.744 e. The molecule has 5 N–H and O–H groups in total. The Labute approximate surface area is 410 Å². The van der Waals surface area contributed by atoms with Crippen molar-refractivity contribution in [1.29, 1.82) is 0 Å². The molecule has 0 aromatic heterocycles. The smallest absolute Gasteiger partial charge is 0.744 e. The normalized spacial score (nSPS) is 11.4. The molecule has 0 aliphatic heterocycles. The number of rotatable bonds is 16. The van der Waals surface area contributed by atoms with Crippen molar-refractivity contribution in [3.63, 3.8) is 0 Å². The molecule has 0 unspecified atom stereocenters. The molecule has 0 aliphatic rings. The molecule has 292 valence electrons. The Morgan fingerprint density at radius 2 is 1.37 bits per heavy atom. The van der Waals surface area contributed by atoms with Gasteiger partial charge in [0, 0.05) is 34.0 Å². The number of benzene rings is 5. The van der Waals surface area contributed by atoms with E-state index in [1.165, 1.54) is 54.6 Å². The van der Waals surface area contributed by atoms with Crippen LogP contribution in [-0.2, 0) is 60.3 Å². The minimum absolute atomic E-state index is 0. The number of fused-ring (bicyclic) bond motifs is 2. The van der Waals surface area contributed by atoms with Gasteiger partial charge in [0.1, 0.15) is 27.2 Å². The Hall–Kier alpha value is -1.02. The van der Waals surface area contributed by atoms with Crippen LogP contribution in [0.3, 0.4) is 0 Å². The third-order valence-electron chi connectivity index (χ3n) is 6.83. The van der Waals surface area contributed by atoms with E-state index in [9.17, 15) is 42.1 Å². The molecule has 28 heteroatoms. The fraction of sp³-hybridized carbons (Fsp3) is 0.0690. The number of azo groups is 2. The quantitative estimate of drug-likeness (QED) is 0.0138. The summed E-state index contributed by atoms with van der Waals surface area (Å²) in [4.78, 5) is -0.380. The second-order valence-corrected chi connectivity index (χ2v) is 14.7. The van der Waals surface area contributed by atoms with Gasteiger partial charge < -0.3 is 38.0 Å². The molecule has 0 amide bonds. The van der Waals surface area contributed by atoms with Crippen LogP contribution in [0.1, 0.15) is 0 Å². The Bertz CT molecular complexity index is 2420. The van der Waals surface area contributed by atoms with Crippen LogP contribution in [0.15, 0.2) is 108 Å². The predicted octanol–water partition coefficient (Wildman–Crippen LogP) is -4.31. The molecule has 5 aromatic carbocycles. The van der Waals surface area contributed by atoms with E-state index in [4.69, 9.17) is 5.90 Å². The van der Waals surface area contributed by atoms with E-state index in [1.54, 1.807) is 12.1 Å². The number of nitrogens with two attached hydrogens (primary N) is 1. The van der Waals surface area contributed by atoms with E-state index < -0.39 is 42.4 Å². The zero-order valence-corrected chi connectivity index (χ0v) is 40.1. The third kappa shape index (κ3) is 15.4. The average molecular weight is 941 g/mol. The van der Waals surface area contributed by atoms with E-state index in [0.717, 1.165) is 6.07 Å². The van der Waals surface area contributed by atoms with Crippen LogP contribution in [0.25, 0.3) is 21.5 Å². The zero-order chi connectivity index (χ0) is 37.5. The van der Waals surface area contributed by atoms with Gasteiger partial charge in [-0.25, -0.2) is 8.42 Å². The van der Waals surface area contributed by atoms with Crippen LogP contribution in [0.5, 0.6) is 11.5 Å². The van der Waals surface area contributed by atoms with Gasteiger partial charge in [0.25, 0.3) is 10.1 Å². The van der Waals surface area contributed by atoms with Crippen LogP contribution in [-0.4, -0.2) is 43.9 Å². The summed E-state index contributed by atoms with van der Waals surface area (Å²) < 4.78 is 71.4. The summed E-state index contributed by atoms with van der Waals surface area (Å²) in [5.41, 5.74) is 0.443. The van der Waals surface area contributed by atoms with E-state index in [1.807, 2.05) is 0 Å². The number of nitrogens with one attached hydrogen (secondary N) is 1. The van der Waals surface area contributed by atoms with Crippen LogP contribution in [0, 0.1) is 7.43 Å². The molecule has 0 saturated heterocycles. The maximum atomic E-state index is 11.9. The van der Waals surface area contributed by atoms with Gasteiger partial charge in [0.05, 0.1) is 51.0 Å². The first kappa shape index (κ1) is 56.0. The van der Waals surface area contributed by atoms with Crippen molar-refractivity contribution in [1.82, 2.24) is 0 Å². The molecule has 0 heterocycles. The fourth-order valence-electron chi connectivity index (χ4n) is 4.56. The number of phenols is 2. The van der Waals surface area contributed by atoms with Gasteiger partial charge >= 0.3 is 106 Å². The molecular weight excluding hydrogens is 917 g/mol. The zero-order valence-electron chi connectivity index (χ0n) is 29.9. The molecule has 20 nitrogen and oxygen atoms in total. The molecule has 0 radical (unpaired) electrons. The van der Waals surface area contributed by atoms with Crippen molar-refractivity contribution in [2.75, 3.05) is 17.6 Å². The Balaban J connectivity index is 0.00000627. The monoisotopic (exact) mass is 940 g/mol. The predicted molar refractivity (Wildman–Crippen MR) is 184 cm³/mol. The van der Waals surface area contributed by atoms with Crippen molar-refractivity contribution in [3.8, 4) is 11.5 Å². The number of aromatic hydroxyl groups is 2. The van der Waals surface area contributed by atoms with Crippen molar-refractivity contribution in [2.45, 2.75) is 14.7 Å². The van der Waals surface area contributed by atoms with Gasteiger partial charge in [-0.15, -0.1) is 10.2 Å². The van der Waals surface area contributed by atoms with Crippen molar-refractivity contribution < 1.29 is 171 Å². The number of hydrogen-bond donors (Lipinski definition) is 4. The first-order chi connectivity index (χ1) is 24.8. The Kier molecular flexibility index (Phi) is 25.2. The largest absolute Gasteiger partial charge is 1.00 e. The van der Waals surface area contributed by atoms with Crippen molar-refractivity contribution in [3.05, 3.63) is 80.2 Å². The maximum Gasteiger partial charge on any atom is 1.00 e. The van der Waals surface area contributed by atoms with Gasteiger partial charge in [0.15, 0.2) is 5.75 Å². The second kappa shape index (κ2) is 25.7. The molecule has 5 rings (SSSR count). The molecule has 0 bridgehead atoms. The van der Waals surface area contributed by atoms with Gasteiger partial charge in [-0.2, -0.15) is 37.5 Å². The summed E-state index contributed by atoms with van der Waals surface area (Å²) >= 11 is 0.845. The summed E-state index contributed by atoms with van der Waals surface area (Å²) in [6, 6.07) is 16.8. The molecular formula is C29H24CuN6Na3O14S4. The molecule has 0 fully saturated rings. The summed E-state index contributed by atoms with van der Waals surface area (Å²) in [6.45, 7) is -0.0668. The summed E-state index contributed by atoms with van der Waals surface area (Å²) in [5, 5.41) is 69.2. The van der Waals surface area contributed by atoms with Crippen LogP contribution in [0.4, 0.5) is 28.4 Å². The van der Waals surface area contributed by atoms with E-state index in [0.29, 0.717) is 40.5 Å². The molecule has 5 aromatic rings. The molecule has 0 spiro atoms. The van der Waals surface area contributed by atoms with Crippen LogP contribution < -0.4 is 110 Å². The SMILES string of the molecule is NOS(=O)(=O)CCNc1ccc2cc(SOO[O-])c(N=Nc3ccc(N=Nc4ccc5cc(SOO[O-])cc(S(=O)(=O)[O-])c5c4)cc3O)c(O)c2c1.[CH3-].[Cu+].[Na+].[Na+].[Na+]. The first-order valence-electron chi connectivity index (χ1n) is 13.9. The standard InChI is InChI=1S/C28H24N6O14S4.CH3.Cu.3Na/c29-44-51(39,40)8-7-30-17-3-1-16-10-25(50-48-46-38)27(28(36)22(16)11-17)34-33-23-6-5-19(13-24(23)35)32-31-18-4-2-15-9-20(49-47-45-37)14-26(21(15)12-18)52(41,42)43;;;;;/h1-6,9-14,30,35-38H,7-8,29H2,(H,41,42,43);1H3;;;;/q;-1;4*+1/p-3. The molecule has 0 saturated carbocycles. The molecule has 0 aliphatic carbocycles. The van der Waals surface area contributed by atoms with E-state index in [-0.39, 0.29) is 163 Å². The summed E-state index contributed by atoms with van der Waals surface area (Å²) in [6.07, 6.45) is 0. The third-order valence-corrected chi connectivity index (χ3v) is 9.87. The second-order valence-electron chi connectivity index (χ2n) is 10.1. The summed E-state index contributed by atoms with van der Waals surface area (Å²) in [5.74, 6) is 3.49. The maximum absolute atomic E-state index is 11.9. The number of hydrogen-bond acceptors (Lipinski definition) is 22. The van der Waals surface area contributed by atoms with Gasteiger partial charge in [-0.05, 0) is 65.4 Å². The van der Waals surface area contributed by atoms with Gasteiger partial charge in [-0.3, -0.25) is 10.1 Å². The van der Waals surface area contributed by atoms with Crippen LogP contribution in [0.2, 0.25) is 0 Å². The number of phenolic OH excluding ortho intramolecular Hbond substituents is 2. The Morgan fingerprint density at radius 3 is 2.00 bits per heavy atom. The van der Waals surface area contributed by atoms with Crippen molar-refractivity contribution in [2.24, 2.45) is 26.4 Å². The van der Waals surface area contributed by atoms with Crippen molar-refractivity contribution >= 4 is 94.3 Å². The summed E-state index contributed by atoms with van der Waals surface area (Å²) in [7, 11) is -8.89. The molecule has 0 atom stereocenters.